The summed E-state index contributed by atoms with van der Waals surface area (Å²) in [6.45, 7) is 0. The normalized spacial score (nSPS) is 35.0. The molecule has 0 aromatic heterocycles. The maximum Gasteiger partial charge on any atom is 0.0116 e. The smallest absolute Gasteiger partial charge is 0.0116 e. The highest BCUT2D eigenvalue weighted by Crippen LogP contribution is 2.38. The van der Waals surface area contributed by atoms with Gasteiger partial charge in [-0.2, -0.15) is 11.8 Å². The van der Waals surface area contributed by atoms with Crippen molar-refractivity contribution in [1.82, 2.24) is 0 Å². The molecular formula is C7H10S. The highest BCUT2D eigenvalue weighted by atomic mass is 32.2. The molecule has 2 rings (SSSR count). The minimum Gasteiger partial charge on any atom is -0.157 e. The van der Waals surface area contributed by atoms with Crippen LogP contribution in [-0.2, 0) is 0 Å². The van der Waals surface area contributed by atoms with Gasteiger partial charge in [0, 0.05) is 11.5 Å². The lowest BCUT2D eigenvalue weighted by Crippen LogP contribution is -2.21. The topological polar surface area (TPSA) is 0 Å². The molecule has 0 bridgehead atoms. The van der Waals surface area contributed by atoms with Crippen molar-refractivity contribution in [1.29, 1.82) is 0 Å². The quantitative estimate of drug-likeness (QED) is 0.448. The first-order valence-electron chi connectivity index (χ1n) is 3.23. The zero-order chi connectivity index (χ0) is 5.40. The molecule has 1 unspecified atom stereocenters. The highest BCUT2D eigenvalue weighted by molar-refractivity contribution is 7.99. The van der Waals surface area contributed by atoms with Crippen molar-refractivity contribution in [3.8, 4) is 0 Å². The molecule has 2 aliphatic rings. The minimum absolute atomic E-state index is 1.01. The number of hydrogen-bond donors (Lipinski definition) is 0. The molecule has 1 aliphatic carbocycles. The van der Waals surface area contributed by atoms with Gasteiger partial charge < -0.3 is 0 Å². The van der Waals surface area contributed by atoms with E-state index >= 15 is 0 Å². The van der Waals surface area contributed by atoms with E-state index in [1.54, 1.807) is 5.57 Å². The third-order valence-electron chi connectivity index (χ3n) is 2.09. The van der Waals surface area contributed by atoms with Gasteiger partial charge in [-0.3, -0.25) is 0 Å². The van der Waals surface area contributed by atoms with Crippen molar-refractivity contribution in [2.45, 2.75) is 12.8 Å². The van der Waals surface area contributed by atoms with Gasteiger partial charge in [-0.25, -0.2) is 0 Å². The van der Waals surface area contributed by atoms with Crippen LogP contribution >= 0.6 is 11.8 Å². The maximum atomic E-state index is 2.42. The fourth-order valence-electron chi connectivity index (χ4n) is 1.35. The second-order valence-corrected chi connectivity index (χ2v) is 3.63. The van der Waals surface area contributed by atoms with Gasteiger partial charge in [-0.05, 0) is 18.8 Å². The third kappa shape index (κ3) is 0.609. The molecule has 0 saturated heterocycles. The Balaban J connectivity index is 2.13. The summed E-state index contributed by atoms with van der Waals surface area (Å²) in [5, 5.41) is 0. The summed E-state index contributed by atoms with van der Waals surface area (Å²) in [4.78, 5) is 0. The number of thioether (sulfide) groups is 1. The summed E-state index contributed by atoms with van der Waals surface area (Å²) in [5.41, 5.74) is 1.75. The van der Waals surface area contributed by atoms with E-state index < -0.39 is 0 Å². The van der Waals surface area contributed by atoms with E-state index in [9.17, 15) is 0 Å². The van der Waals surface area contributed by atoms with E-state index in [1.807, 2.05) is 0 Å². The highest BCUT2D eigenvalue weighted by Gasteiger charge is 2.25. The van der Waals surface area contributed by atoms with Crippen molar-refractivity contribution in [2.75, 3.05) is 11.5 Å². The van der Waals surface area contributed by atoms with E-state index in [0.717, 1.165) is 5.92 Å². The van der Waals surface area contributed by atoms with Gasteiger partial charge in [0.25, 0.3) is 0 Å². The Morgan fingerprint density at radius 2 is 2.62 bits per heavy atom. The molecule has 1 fully saturated rings. The van der Waals surface area contributed by atoms with Crippen LogP contribution in [-0.4, -0.2) is 11.5 Å². The van der Waals surface area contributed by atoms with Gasteiger partial charge in [-0.15, -0.1) is 0 Å². The number of fused-ring (bicyclic) bond motifs is 1. The minimum atomic E-state index is 1.01. The molecule has 1 saturated carbocycles. The van der Waals surface area contributed by atoms with Crippen molar-refractivity contribution in [3.63, 3.8) is 0 Å². The summed E-state index contributed by atoms with van der Waals surface area (Å²) in [5.74, 6) is 3.70. The molecule has 1 atom stereocenters. The standard InChI is InChI=1S/C7H10S/c1-2-7-5-8-4-3-6(1)7/h3,7H,1-2,4-5H2. The molecule has 1 aliphatic heterocycles. The van der Waals surface area contributed by atoms with Crippen LogP contribution in [0.25, 0.3) is 0 Å². The van der Waals surface area contributed by atoms with Gasteiger partial charge in [0.15, 0.2) is 0 Å². The first kappa shape index (κ1) is 4.92. The van der Waals surface area contributed by atoms with E-state index in [4.69, 9.17) is 0 Å². The zero-order valence-corrected chi connectivity index (χ0v) is 5.71. The maximum absolute atomic E-state index is 2.42. The van der Waals surface area contributed by atoms with Crippen molar-refractivity contribution in [2.24, 2.45) is 5.92 Å². The predicted molar refractivity (Wildman–Crippen MR) is 38.1 cm³/mol. The van der Waals surface area contributed by atoms with Gasteiger partial charge in [-0.1, -0.05) is 11.6 Å². The Labute approximate surface area is 54.4 Å². The van der Waals surface area contributed by atoms with Gasteiger partial charge in [0.1, 0.15) is 0 Å². The van der Waals surface area contributed by atoms with Crippen LogP contribution < -0.4 is 0 Å². The predicted octanol–water partition coefficient (Wildman–Crippen LogP) is 2.07. The molecule has 44 valence electrons. The lowest BCUT2D eigenvalue weighted by atomic mass is 9.80. The number of rotatable bonds is 0. The van der Waals surface area contributed by atoms with Gasteiger partial charge in [0.05, 0.1) is 0 Å². The zero-order valence-electron chi connectivity index (χ0n) is 4.89. The average Bonchev–Trinajstić information content (AvgIpc) is 1.72. The molecule has 0 radical (unpaired) electrons. The van der Waals surface area contributed by atoms with Crippen LogP contribution in [0.4, 0.5) is 0 Å². The van der Waals surface area contributed by atoms with E-state index in [0.29, 0.717) is 0 Å². The van der Waals surface area contributed by atoms with Crippen LogP contribution in [0.3, 0.4) is 0 Å². The number of hydrogen-bond acceptors (Lipinski definition) is 1. The van der Waals surface area contributed by atoms with Crippen LogP contribution in [0.2, 0.25) is 0 Å². The fourth-order valence-corrected chi connectivity index (χ4v) is 2.48. The van der Waals surface area contributed by atoms with Crippen LogP contribution in [0.1, 0.15) is 12.8 Å². The Morgan fingerprint density at radius 3 is 3.00 bits per heavy atom. The molecule has 1 heterocycles. The van der Waals surface area contributed by atoms with Crippen molar-refractivity contribution in [3.05, 3.63) is 11.6 Å². The molecule has 0 amide bonds. The summed E-state index contributed by atoms with van der Waals surface area (Å²) in [7, 11) is 0. The first-order chi connectivity index (χ1) is 3.97. The van der Waals surface area contributed by atoms with E-state index in [1.165, 1.54) is 24.3 Å². The fraction of sp³-hybridized carbons (Fsp3) is 0.714. The Hall–Kier alpha value is 0.0900. The Kier molecular flexibility index (Phi) is 1.11. The van der Waals surface area contributed by atoms with Crippen LogP contribution in [0, 0.1) is 5.92 Å². The summed E-state index contributed by atoms with van der Waals surface area (Å²) < 4.78 is 0. The molecule has 0 N–H and O–H groups in total. The molecule has 0 aromatic carbocycles. The second-order valence-electron chi connectivity index (χ2n) is 2.55. The lowest BCUT2D eigenvalue weighted by Gasteiger charge is -2.32. The Bertz CT molecular complexity index is 126. The van der Waals surface area contributed by atoms with E-state index in [2.05, 4.69) is 17.8 Å². The second kappa shape index (κ2) is 1.80. The summed E-state index contributed by atoms with van der Waals surface area (Å²) in [6, 6.07) is 0. The van der Waals surface area contributed by atoms with Crippen molar-refractivity contribution >= 4 is 11.8 Å². The summed E-state index contributed by atoms with van der Waals surface area (Å²) >= 11 is 2.08. The number of allylic oxidation sites excluding steroid dienone is 1. The van der Waals surface area contributed by atoms with Crippen LogP contribution in [0.15, 0.2) is 11.6 Å². The monoisotopic (exact) mass is 126 g/mol. The third-order valence-corrected chi connectivity index (χ3v) is 3.13. The van der Waals surface area contributed by atoms with Crippen LogP contribution in [0.5, 0.6) is 0 Å². The van der Waals surface area contributed by atoms with E-state index in [-0.39, 0.29) is 0 Å². The largest absolute Gasteiger partial charge is 0.157 e. The van der Waals surface area contributed by atoms with Gasteiger partial charge >= 0.3 is 0 Å². The molecule has 0 spiro atoms. The van der Waals surface area contributed by atoms with Gasteiger partial charge in [0.2, 0.25) is 0 Å². The molecule has 0 nitrogen and oxygen atoms in total. The Morgan fingerprint density at radius 1 is 1.62 bits per heavy atom. The average molecular weight is 126 g/mol. The summed E-state index contributed by atoms with van der Waals surface area (Å²) in [6.07, 6.45) is 5.30. The molecule has 0 aromatic rings. The molecule has 1 heteroatoms. The molecular weight excluding hydrogens is 116 g/mol. The van der Waals surface area contributed by atoms with Crippen molar-refractivity contribution < 1.29 is 0 Å². The molecule has 8 heavy (non-hydrogen) atoms. The lowest BCUT2D eigenvalue weighted by molar-refractivity contribution is 0.486. The first-order valence-corrected chi connectivity index (χ1v) is 4.39. The SMILES string of the molecule is C1=C2CCC2CSC1.